The first-order valence-electron chi connectivity index (χ1n) is 10.3. The number of H-pyrrole nitrogens is 1. The molecular weight excluding hydrogens is 412 g/mol. The highest BCUT2D eigenvalue weighted by Crippen LogP contribution is 2.30. The molecule has 0 radical (unpaired) electrons. The standard InChI is InChI=1S/C24H23ClN4O2/c1-16-8-17(10-19(25)9-16)15-29-3-2-18(11-23(29)30)22-14-27-24-21(22)12-20(13-26-24)28-4-6-31-7-5-28/h2-3,8-14H,4-7,15H2,1H3,(H,26,27). The van der Waals surface area contributed by atoms with E-state index >= 15 is 0 Å². The quantitative estimate of drug-likeness (QED) is 0.522. The maximum atomic E-state index is 12.8. The van der Waals surface area contributed by atoms with Gasteiger partial charge in [0.1, 0.15) is 5.65 Å². The van der Waals surface area contributed by atoms with Crippen molar-refractivity contribution in [2.45, 2.75) is 13.5 Å². The number of nitrogens with zero attached hydrogens (tertiary/aromatic N) is 3. The minimum absolute atomic E-state index is 0.0539. The Labute approximate surface area is 185 Å². The maximum absolute atomic E-state index is 12.8. The van der Waals surface area contributed by atoms with Crippen LogP contribution in [0.25, 0.3) is 22.2 Å². The molecule has 0 atom stereocenters. The molecule has 158 valence electrons. The van der Waals surface area contributed by atoms with Gasteiger partial charge in [-0.1, -0.05) is 17.7 Å². The molecule has 0 aliphatic carbocycles. The molecule has 5 rings (SSSR count). The molecule has 3 aromatic heterocycles. The molecule has 4 aromatic rings. The van der Waals surface area contributed by atoms with Crippen molar-refractivity contribution in [1.82, 2.24) is 14.5 Å². The summed E-state index contributed by atoms with van der Waals surface area (Å²) in [6.07, 6.45) is 5.64. The molecule has 1 fully saturated rings. The van der Waals surface area contributed by atoms with Gasteiger partial charge in [0.2, 0.25) is 0 Å². The number of pyridine rings is 2. The number of nitrogens with one attached hydrogen (secondary N) is 1. The van der Waals surface area contributed by atoms with Crippen LogP contribution < -0.4 is 10.5 Å². The van der Waals surface area contributed by atoms with E-state index in [2.05, 4.69) is 20.9 Å². The number of benzene rings is 1. The van der Waals surface area contributed by atoms with Crippen molar-refractivity contribution in [1.29, 1.82) is 0 Å². The summed E-state index contributed by atoms with van der Waals surface area (Å²) in [5, 5.41) is 1.69. The summed E-state index contributed by atoms with van der Waals surface area (Å²) in [6, 6.07) is 11.6. The summed E-state index contributed by atoms with van der Waals surface area (Å²) in [5.41, 5.74) is 5.76. The lowest BCUT2D eigenvalue weighted by Gasteiger charge is -2.28. The third-order valence-corrected chi connectivity index (χ3v) is 5.87. The van der Waals surface area contributed by atoms with Gasteiger partial charge in [-0.15, -0.1) is 0 Å². The first-order valence-corrected chi connectivity index (χ1v) is 10.7. The molecule has 1 aliphatic heterocycles. The molecule has 4 heterocycles. The number of aryl methyl sites for hydroxylation is 1. The number of halogens is 1. The predicted octanol–water partition coefficient (Wildman–Crippen LogP) is 4.24. The van der Waals surface area contributed by atoms with Crippen LogP contribution in [0.15, 0.2) is 59.8 Å². The zero-order valence-electron chi connectivity index (χ0n) is 17.3. The molecule has 7 heteroatoms. The van der Waals surface area contributed by atoms with Crippen LogP contribution in [-0.4, -0.2) is 40.8 Å². The van der Waals surface area contributed by atoms with Crippen LogP contribution >= 0.6 is 11.6 Å². The average Bonchev–Trinajstić information content (AvgIpc) is 3.18. The van der Waals surface area contributed by atoms with Gasteiger partial charge in [0, 0.05) is 47.5 Å². The third-order valence-electron chi connectivity index (χ3n) is 5.65. The van der Waals surface area contributed by atoms with E-state index in [1.807, 2.05) is 49.8 Å². The number of aromatic amines is 1. The van der Waals surface area contributed by atoms with Crippen LogP contribution in [0.2, 0.25) is 5.02 Å². The Morgan fingerprint density at radius 2 is 2.00 bits per heavy atom. The van der Waals surface area contributed by atoms with Gasteiger partial charge in [0.25, 0.3) is 5.56 Å². The van der Waals surface area contributed by atoms with Gasteiger partial charge >= 0.3 is 0 Å². The van der Waals surface area contributed by atoms with Crippen LogP contribution in [0, 0.1) is 6.92 Å². The Bertz CT molecular complexity index is 1280. The fourth-order valence-corrected chi connectivity index (χ4v) is 4.44. The number of ether oxygens (including phenoxy) is 1. The fourth-order valence-electron chi connectivity index (χ4n) is 4.13. The summed E-state index contributed by atoms with van der Waals surface area (Å²) in [6.45, 7) is 5.64. The maximum Gasteiger partial charge on any atom is 0.251 e. The average molecular weight is 435 g/mol. The summed E-state index contributed by atoms with van der Waals surface area (Å²) < 4.78 is 7.15. The highest BCUT2D eigenvalue weighted by molar-refractivity contribution is 6.30. The van der Waals surface area contributed by atoms with E-state index in [4.69, 9.17) is 16.3 Å². The fraction of sp³-hybridized carbons (Fsp3) is 0.250. The molecule has 0 saturated carbocycles. The van der Waals surface area contributed by atoms with E-state index in [1.54, 1.807) is 10.6 Å². The van der Waals surface area contributed by atoms with Gasteiger partial charge in [-0.3, -0.25) is 4.79 Å². The van der Waals surface area contributed by atoms with Gasteiger partial charge in [0.15, 0.2) is 0 Å². The van der Waals surface area contributed by atoms with E-state index in [1.165, 1.54) is 0 Å². The van der Waals surface area contributed by atoms with E-state index in [9.17, 15) is 4.79 Å². The number of fused-ring (bicyclic) bond motifs is 1. The highest BCUT2D eigenvalue weighted by atomic mass is 35.5. The predicted molar refractivity (Wildman–Crippen MR) is 124 cm³/mol. The molecule has 0 amide bonds. The van der Waals surface area contributed by atoms with Crippen molar-refractivity contribution in [3.8, 4) is 11.1 Å². The number of morpholine rings is 1. The normalized spacial score (nSPS) is 14.3. The second-order valence-electron chi connectivity index (χ2n) is 7.91. The van der Waals surface area contributed by atoms with Crippen molar-refractivity contribution >= 4 is 28.3 Å². The molecule has 0 bridgehead atoms. The summed E-state index contributed by atoms with van der Waals surface area (Å²) in [5.74, 6) is 0. The second kappa shape index (κ2) is 8.21. The van der Waals surface area contributed by atoms with Gasteiger partial charge in [0.05, 0.1) is 31.6 Å². The summed E-state index contributed by atoms with van der Waals surface area (Å²) >= 11 is 6.17. The SMILES string of the molecule is Cc1cc(Cl)cc(Cn2ccc(-c3c[nH]c4ncc(N5CCOCC5)cc34)cc2=O)c1. The van der Waals surface area contributed by atoms with E-state index in [-0.39, 0.29) is 5.56 Å². The van der Waals surface area contributed by atoms with Crippen molar-refractivity contribution < 1.29 is 4.74 Å². The Morgan fingerprint density at radius 3 is 2.77 bits per heavy atom. The number of hydrogen-bond acceptors (Lipinski definition) is 4. The Balaban J connectivity index is 1.47. The van der Waals surface area contributed by atoms with Crippen LogP contribution in [0.3, 0.4) is 0 Å². The smallest absolute Gasteiger partial charge is 0.251 e. The number of anilines is 1. The topological polar surface area (TPSA) is 63.1 Å². The van der Waals surface area contributed by atoms with Crippen molar-refractivity contribution in [3.05, 3.63) is 81.5 Å². The zero-order chi connectivity index (χ0) is 21.4. The minimum Gasteiger partial charge on any atom is -0.378 e. The largest absolute Gasteiger partial charge is 0.378 e. The zero-order valence-corrected chi connectivity index (χ0v) is 18.0. The van der Waals surface area contributed by atoms with Gasteiger partial charge in [-0.25, -0.2) is 4.98 Å². The van der Waals surface area contributed by atoms with Crippen LogP contribution in [0.4, 0.5) is 5.69 Å². The third kappa shape index (κ3) is 4.09. The van der Waals surface area contributed by atoms with Gasteiger partial charge in [-0.2, -0.15) is 0 Å². The van der Waals surface area contributed by atoms with Crippen molar-refractivity contribution in [2.24, 2.45) is 0 Å². The Hall–Kier alpha value is -3.09. The number of rotatable bonds is 4. The van der Waals surface area contributed by atoms with Crippen LogP contribution in [0.1, 0.15) is 11.1 Å². The summed E-state index contributed by atoms with van der Waals surface area (Å²) in [4.78, 5) is 22.9. The van der Waals surface area contributed by atoms with Gasteiger partial charge < -0.3 is 19.2 Å². The van der Waals surface area contributed by atoms with Crippen LogP contribution in [0.5, 0.6) is 0 Å². The molecule has 31 heavy (non-hydrogen) atoms. The first kappa shape index (κ1) is 19.8. The lowest BCUT2D eigenvalue weighted by atomic mass is 10.1. The van der Waals surface area contributed by atoms with Crippen molar-refractivity contribution in [2.75, 3.05) is 31.2 Å². The molecule has 0 spiro atoms. The molecule has 1 aliphatic rings. The van der Waals surface area contributed by atoms with E-state index in [0.717, 1.165) is 65.3 Å². The molecule has 0 unspecified atom stereocenters. The molecule has 1 aromatic carbocycles. The lowest BCUT2D eigenvalue weighted by molar-refractivity contribution is 0.122. The first-order chi connectivity index (χ1) is 15.1. The molecule has 1 N–H and O–H groups in total. The lowest BCUT2D eigenvalue weighted by Crippen LogP contribution is -2.36. The van der Waals surface area contributed by atoms with Gasteiger partial charge in [-0.05, 0) is 47.9 Å². The van der Waals surface area contributed by atoms with Crippen LogP contribution in [-0.2, 0) is 11.3 Å². The molecule has 1 saturated heterocycles. The monoisotopic (exact) mass is 434 g/mol. The van der Waals surface area contributed by atoms with Crippen molar-refractivity contribution in [3.63, 3.8) is 0 Å². The van der Waals surface area contributed by atoms with E-state index in [0.29, 0.717) is 11.6 Å². The Kier molecular flexibility index (Phi) is 5.26. The molecule has 6 nitrogen and oxygen atoms in total. The van der Waals surface area contributed by atoms with E-state index < -0.39 is 0 Å². The molecular formula is C24H23ClN4O2. The number of hydrogen-bond donors (Lipinski definition) is 1. The highest BCUT2D eigenvalue weighted by Gasteiger charge is 2.15. The minimum atomic E-state index is -0.0539. The second-order valence-corrected chi connectivity index (χ2v) is 8.35. The number of aromatic nitrogens is 3. The summed E-state index contributed by atoms with van der Waals surface area (Å²) in [7, 11) is 0. The Morgan fingerprint density at radius 1 is 1.16 bits per heavy atom.